The van der Waals surface area contributed by atoms with Crippen LogP contribution in [0.15, 0.2) is 42.5 Å². The molecule has 0 aromatic heterocycles. The van der Waals surface area contributed by atoms with E-state index >= 15 is 0 Å². The van der Waals surface area contributed by atoms with E-state index in [1.165, 1.54) is 29.2 Å². The van der Waals surface area contributed by atoms with Crippen LogP contribution in [0.1, 0.15) is 43.6 Å². The average Bonchev–Trinajstić information content (AvgIpc) is 3.33. The maximum atomic E-state index is 12.7. The third kappa shape index (κ3) is 2.51. The van der Waals surface area contributed by atoms with Crippen LogP contribution < -0.4 is 10.6 Å². The molecule has 2 N–H and O–H groups in total. The highest BCUT2D eigenvalue weighted by Gasteiger charge is 2.45. The predicted octanol–water partition coefficient (Wildman–Crippen LogP) is 3.34. The van der Waals surface area contributed by atoms with Crippen LogP contribution in [0.3, 0.4) is 0 Å². The first kappa shape index (κ1) is 14.5. The van der Waals surface area contributed by atoms with Crippen molar-refractivity contribution in [1.29, 1.82) is 0 Å². The molecule has 3 heteroatoms. The van der Waals surface area contributed by atoms with Crippen LogP contribution in [0.25, 0.3) is 10.8 Å². The van der Waals surface area contributed by atoms with E-state index in [1.54, 1.807) is 0 Å². The highest BCUT2D eigenvalue weighted by atomic mass is 16.2. The molecule has 2 saturated heterocycles. The van der Waals surface area contributed by atoms with E-state index in [4.69, 9.17) is 0 Å². The fourth-order valence-corrected chi connectivity index (χ4v) is 4.89. The molecule has 1 aliphatic carbocycles. The van der Waals surface area contributed by atoms with E-state index < -0.39 is 0 Å². The number of carbonyl (C=O) groups excluding carboxylic acids is 1. The van der Waals surface area contributed by atoms with Gasteiger partial charge in [0.1, 0.15) is 0 Å². The lowest BCUT2D eigenvalue weighted by molar-refractivity contribution is -0.123. The molecule has 4 atom stereocenters. The van der Waals surface area contributed by atoms with Crippen molar-refractivity contribution in [2.75, 3.05) is 0 Å². The number of piperidine rings is 1. The largest absolute Gasteiger partial charge is 0.353 e. The number of hydrogen-bond donors (Lipinski definition) is 2. The van der Waals surface area contributed by atoms with Gasteiger partial charge >= 0.3 is 0 Å². The van der Waals surface area contributed by atoms with Crippen molar-refractivity contribution in [3.8, 4) is 0 Å². The van der Waals surface area contributed by atoms with Crippen LogP contribution in [0, 0.1) is 5.92 Å². The van der Waals surface area contributed by atoms with E-state index in [1.807, 2.05) is 0 Å². The van der Waals surface area contributed by atoms with Crippen molar-refractivity contribution >= 4 is 16.7 Å². The summed E-state index contributed by atoms with van der Waals surface area (Å²) < 4.78 is 0. The molecule has 1 saturated carbocycles. The van der Waals surface area contributed by atoms with Gasteiger partial charge in [-0.3, -0.25) is 4.79 Å². The van der Waals surface area contributed by atoms with Gasteiger partial charge in [-0.1, -0.05) is 42.5 Å². The molecule has 4 unspecified atom stereocenters. The summed E-state index contributed by atoms with van der Waals surface area (Å²) in [6.07, 6.45) is 5.76. The van der Waals surface area contributed by atoms with Gasteiger partial charge in [0.25, 0.3) is 0 Å². The van der Waals surface area contributed by atoms with Gasteiger partial charge < -0.3 is 10.6 Å². The highest BCUT2D eigenvalue weighted by Crippen LogP contribution is 2.49. The highest BCUT2D eigenvalue weighted by molar-refractivity contribution is 5.89. The second-order valence-corrected chi connectivity index (χ2v) is 7.83. The van der Waals surface area contributed by atoms with Crippen molar-refractivity contribution in [2.24, 2.45) is 5.92 Å². The minimum atomic E-state index is 0.170. The molecule has 2 aromatic rings. The molecule has 1 amide bonds. The lowest BCUT2D eigenvalue weighted by Gasteiger charge is -2.29. The Morgan fingerprint density at radius 2 is 1.71 bits per heavy atom. The zero-order valence-electron chi connectivity index (χ0n) is 13.9. The molecular weight excluding hydrogens is 296 g/mol. The van der Waals surface area contributed by atoms with E-state index in [9.17, 15) is 4.79 Å². The van der Waals surface area contributed by atoms with Crippen LogP contribution in [0.5, 0.6) is 0 Å². The summed E-state index contributed by atoms with van der Waals surface area (Å²) >= 11 is 0. The van der Waals surface area contributed by atoms with E-state index in [-0.39, 0.29) is 11.8 Å². The summed E-state index contributed by atoms with van der Waals surface area (Å²) in [5.41, 5.74) is 1.35. The van der Waals surface area contributed by atoms with Crippen LogP contribution in [0.2, 0.25) is 0 Å². The number of amides is 1. The molecule has 2 bridgehead atoms. The first-order valence-electron chi connectivity index (χ1n) is 9.32. The van der Waals surface area contributed by atoms with Gasteiger partial charge in [0, 0.05) is 24.0 Å². The number of benzene rings is 2. The Morgan fingerprint density at radius 3 is 2.54 bits per heavy atom. The molecule has 0 radical (unpaired) electrons. The smallest absolute Gasteiger partial charge is 0.223 e. The summed E-state index contributed by atoms with van der Waals surface area (Å²) in [5, 5.41) is 9.57. The third-order valence-corrected chi connectivity index (χ3v) is 6.17. The van der Waals surface area contributed by atoms with E-state index in [2.05, 4.69) is 53.1 Å². The van der Waals surface area contributed by atoms with Crippen LogP contribution >= 0.6 is 0 Å². The van der Waals surface area contributed by atoms with Crippen molar-refractivity contribution < 1.29 is 4.79 Å². The first-order chi connectivity index (χ1) is 11.8. The lowest BCUT2D eigenvalue weighted by atomic mass is 9.98. The molecule has 2 aliphatic heterocycles. The molecular formula is C21H24N2O. The van der Waals surface area contributed by atoms with Crippen molar-refractivity contribution in [3.05, 3.63) is 48.0 Å². The lowest BCUT2D eigenvalue weighted by Crippen LogP contribution is -2.48. The van der Waals surface area contributed by atoms with Gasteiger partial charge in [0.2, 0.25) is 5.91 Å². The van der Waals surface area contributed by atoms with Crippen LogP contribution in [0.4, 0.5) is 0 Å². The van der Waals surface area contributed by atoms with Gasteiger partial charge in [-0.05, 0) is 54.4 Å². The summed E-state index contributed by atoms with van der Waals surface area (Å²) in [4.78, 5) is 12.7. The number of hydrogen-bond acceptors (Lipinski definition) is 2. The first-order valence-corrected chi connectivity index (χ1v) is 9.32. The van der Waals surface area contributed by atoms with Crippen molar-refractivity contribution in [1.82, 2.24) is 10.6 Å². The number of rotatable bonds is 3. The Kier molecular flexibility index (Phi) is 3.37. The average molecular weight is 320 g/mol. The van der Waals surface area contributed by atoms with Crippen molar-refractivity contribution in [3.63, 3.8) is 0 Å². The number of nitrogens with one attached hydrogen (secondary N) is 2. The summed E-state index contributed by atoms with van der Waals surface area (Å²) in [7, 11) is 0. The molecule has 0 spiro atoms. The van der Waals surface area contributed by atoms with E-state index in [0.29, 0.717) is 24.0 Å². The SMILES string of the molecule is O=C(NC1CC2CCC(C1)N2)C1CC1c1cccc2ccccc12. The summed E-state index contributed by atoms with van der Waals surface area (Å²) in [6, 6.07) is 16.6. The van der Waals surface area contributed by atoms with Gasteiger partial charge in [0.15, 0.2) is 0 Å². The second kappa shape index (κ2) is 5.59. The molecule has 124 valence electrons. The Balaban J connectivity index is 1.29. The Morgan fingerprint density at radius 1 is 0.958 bits per heavy atom. The Hall–Kier alpha value is -1.87. The van der Waals surface area contributed by atoms with Gasteiger partial charge in [-0.2, -0.15) is 0 Å². The Labute approximate surface area is 142 Å². The van der Waals surface area contributed by atoms with Gasteiger partial charge in [-0.25, -0.2) is 0 Å². The normalized spacial score (nSPS) is 34.2. The quantitative estimate of drug-likeness (QED) is 0.911. The zero-order chi connectivity index (χ0) is 16.1. The van der Waals surface area contributed by atoms with E-state index in [0.717, 1.165) is 19.3 Å². The fraction of sp³-hybridized carbons (Fsp3) is 0.476. The van der Waals surface area contributed by atoms with Gasteiger partial charge in [-0.15, -0.1) is 0 Å². The molecule has 3 aliphatic rings. The number of carbonyl (C=O) groups is 1. The molecule has 3 fully saturated rings. The second-order valence-electron chi connectivity index (χ2n) is 7.83. The predicted molar refractivity (Wildman–Crippen MR) is 95.9 cm³/mol. The molecule has 5 rings (SSSR count). The molecule has 24 heavy (non-hydrogen) atoms. The maximum absolute atomic E-state index is 12.7. The minimum absolute atomic E-state index is 0.170. The third-order valence-electron chi connectivity index (χ3n) is 6.17. The number of fused-ring (bicyclic) bond motifs is 3. The topological polar surface area (TPSA) is 41.1 Å². The molecule has 2 aromatic carbocycles. The Bertz CT molecular complexity index is 769. The fourth-order valence-electron chi connectivity index (χ4n) is 4.89. The van der Waals surface area contributed by atoms with Gasteiger partial charge in [0.05, 0.1) is 0 Å². The molecule has 3 nitrogen and oxygen atoms in total. The van der Waals surface area contributed by atoms with Crippen LogP contribution in [-0.2, 0) is 4.79 Å². The van der Waals surface area contributed by atoms with Crippen molar-refractivity contribution in [2.45, 2.75) is 56.1 Å². The van der Waals surface area contributed by atoms with Crippen LogP contribution in [-0.4, -0.2) is 24.0 Å². The monoisotopic (exact) mass is 320 g/mol. The standard InChI is InChI=1S/C21H24N2O/c24-21(23-16-10-14-8-9-15(11-16)22-14)20-12-19(20)18-7-3-5-13-4-1-2-6-17(13)18/h1-7,14-16,19-20,22H,8-12H2,(H,23,24). The zero-order valence-corrected chi connectivity index (χ0v) is 13.9. The minimum Gasteiger partial charge on any atom is -0.353 e. The summed E-state index contributed by atoms with van der Waals surface area (Å²) in [5.74, 6) is 0.845. The summed E-state index contributed by atoms with van der Waals surface area (Å²) in [6.45, 7) is 0. The molecule has 2 heterocycles. The maximum Gasteiger partial charge on any atom is 0.223 e.